The first-order valence-corrected chi connectivity index (χ1v) is 4.79. The van der Waals surface area contributed by atoms with Crippen LogP contribution in [0.2, 0.25) is 0 Å². The van der Waals surface area contributed by atoms with Gasteiger partial charge in [0.05, 0.1) is 4.47 Å². The molecule has 2 aromatic rings. The Labute approximate surface area is 93.1 Å². The van der Waals surface area contributed by atoms with Gasteiger partial charge in [-0.15, -0.1) is 0 Å². The maximum Gasteiger partial charge on any atom is 0.266 e. The Morgan fingerprint density at radius 1 is 1.53 bits per heavy atom. The first kappa shape index (κ1) is 9.78. The molecule has 15 heavy (non-hydrogen) atoms. The number of halogens is 1. The molecular formula is C8H6BrN5O. The van der Waals surface area contributed by atoms with E-state index in [1.807, 2.05) is 0 Å². The van der Waals surface area contributed by atoms with Gasteiger partial charge in [0, 0.05) is 6.20 Å². The normalized spacial score (nSPS) is 10.2. The van der Waals surface area contributed by atoms with Gasteiger partial charge in [-0.2, -0.15) is 5.10 Å². The Hall–Kier alpha value is -1.76. The lowest BCUT2D eigenvalue weighted by Crippen LogP contribution is -2.10. The zero-order valence-corrected chi connectivity index (χ0v) is 9.02. The summed E-state index contributed by atoms with van der Waals surface area (Å²) in [5, 5.41) is 6.45. The van der Waals surface area contributed by atoms with Gasteiger partial charge in [-0.1, -0.05) is 0 Å². The minimum atomic E-state index is -0.557. The predicted octanol–water partition coefficient (Wildman–Crippen LogP) is 0.728. The molecule has 76 valence electrons. The standard InChI is InChI=1S/C8H6BrN5O/c9-4-2-11-3-12-7(4)5-1-6(8(10)15)14-13-5/h1-3H,(H2,10,15)(H,13,14). The lowest BCUT2D eigenvalue weighted by Gasteiger charge is -1.96. The number of carbonyl (C=O) groups excluding carboxylic acids is 1. The first-order chi connectivity index (χ1) is 7.18. The third kappa shape index (κ3) is 1.86. The number of aromatic nitrogens is 4. The maximum atomic E-state index is 10.8. The number of nitrogens with zero attached hydrogens (tertiary/aromatic N) is 3. The number of hydrogen-bond donors (Lipinski definition) is 2. The van der Waals surface area contributed by atoms with E-state index >= 15 is 0 Å². The summed E-state index contributed by atoms with van der Waals surface area (Å²) < 4.78 is 0.701. The van der Waals surface area contributed by atoms with Crippen molar-refractivity contribution >= 4 is 21.8 Å². The van der Waals surface area contributed by atoms with Crippen molar-refractivity contribution in [2.24, 2.45) is 5.73 Å². The summed E-state index contributed by atoms with van der Waals surface area (Å²) in [6, 6.07) is 1.54. The highest BCUT2D eigenvalue weighted by atomic mass is 79.9. The fourth-order valence-corrected chi connectivity index (χ4v) is 1.49. The number of carbonyl (C=O) groups is 1. The monoisotopic (exact) mass is 267 g/mol. The summed E-state index contributed by atoms with van der Waals surface area (Å²) >= 11 is 3.28. The van der Waals surface area contributed by atoms with Crippen molar-refractivity contribution in [3.8, 4) is 11.4 Å². The number of nitrogens with two attached hydrogens (primary N) is 1. The van der Waals surface area contributed by atoms with Crippen LogP contribution in [0.3, 0.4) is 0 Å². The molecule has 0 aromatic carbocycles. The van der Waals surface area contributed by atoms with E-state index < -0.39 is 5.91 Å². The third-order valence-electron chi connectivity index (χ3n) is 1.75. The Kier molecular flexibility index (Phi) is 2.46. The topological polar surface area (TPSA) is 97.6 Å². The summed E-state index contributed by atoms with van der Waals surface area (Å²) in [6.45, 7) is 0. The minimum Gasteiger partial charge on any atom is -0.364 e. The van der Waals surface area contributed by atoms with Crippen LogP contribution >= 0.6 is 15.9 Å². The van der Waals surface area contributed by atoms with Crippen molar-refractivity contribution in [3.05, 3.63) is 28.8 Å². The van der Waals surface area contributed by atoms with Gasteiger partial charge >= 0.3 is 0 Å². The number of hydrogen-bond acceptors (Lipinski definition) is 4. The van der Waals surface area contributed by atoms with Gasteiger partial charge < -0.3 is 5.73 Å². The van der Waals surface area contributed by atoms with Crippen LogP contribution in [0.1, 0.15) is 10.5 Å². The fourth-order valence-electron chi connectivity index (χ4n) is 1.07. The van der Waals surface area contributed by atoms with Crippen LogP contribution in [0.5, 0.6) is 0 Å². The summed E-state index contributed by atoms with van der Waals surface area (Å²) in [4.78, 5) is 18.7. The summed E-state index contributed by atoms with van der Waals surface area (Å²) in [7, 11) is 0. The lowest BCUT2D eigenvalue weighted by atomic mass is 10.3. The summed E-state index contributed by atoms with van der Waals surface area (Å²) in [5.74, 6) is -0.557. The Morgan fingerprint density at radius 3 is 2.93 bits per heavy atom. The van der Waals surface area contributed by atoms with E-state index in [1.165, 1.54) is 12.4 Å². The Bertz CT molecular complexity index is 509. The number of primary amides is 1. The van der Waals surface area contributed by atoms with Crippen molar-refractivity contribution in [2.75, 3.05) is 0 Å². The third-order valence-corrected chi connectivity index (χ3v) is 2.33. The van der Waals surface area contributed by atoms with Gasteiger partial charge in [0.2, 0.25) is 0 Å². The number of H-pyrrole nitrogens is 1. The van der Waals surface area contributed by atoms with Gasteiger partial charge in [-0.05, 0) is 22.0 Å². The molecule has 0 atom stereocenters. The number of rotatable bonds is 2. The van der Waals surface area contributed by atoms with Gasteiger partial charge in [0.1, 0.15) is 23.4 Å². The van der Waals surface area contributed by atoms with E-state index in [1.54, 1.807) is 6.20 Å². The van der Waals surface area contributed by atoms with Gasteiger partial charge in [-0.3, -0.25) is 9.89 Å². The molecule has 0 aliphatic carbocycles. The largest absolute Gasteiger partial charge is 0.364 e. The van der Waals surface area contributed by atoms with Crippen LogP contribution in [-0.2, 0) is 0 Å². The smallest absolute Gasteiger partial charge is 0.266 e. The van der Waals surface area contributed by atoms with E-state index in [0.717, 1.165) is 0 Å². The zero-order valence-electron chi connectivity index (χ0n) is 7.44. The molecule has 3 N–H and O–H groups in total. The van der Waals surface area contributed by atoms with Crippen molar-refractivity contribution in [1.29, 1.82) is 0 Å². The average molecular weight is 268 g/mol. The number of aromatic amines is 1. The molecule has 0 radical (unpaired) electrons. The highest BCUT2D eigenvalue weighted by molar-refractivity contribution is 9.10. The van der Waals surface area contributed by atoms with E-state index in [0.29, 0.717) is 15.9 Å². The first-order valence-electron chi connectivity index (χ1n) is 3.99. The van der Waals surface area contributed by atoms with E-state index in [9.17, 15) is 4.79 Å². The minimum absolute atomic E-state index is 0.246. The second kappa shape index (κ2) is 3.77. The van der Waals surface area contributed by atoms with E-state index in [2.05, 4.69) is 36.1 Å². The Morgan fingerprint density at radius 2 is 2.33 bits per heavy atom. The van der Waals surface area contributed by atoms with Crippen molar-refractivity contribution in [3.63, 3.8) is 0 Å². The quantitative estimate of drug-likeness (QED) is 0.838. The maximum absolute atomic E-state index is 10.8. The molecule has 0 bridgehead atoms. The van der Waals surface area contributed by atoms with E-state index in [4.69, 9.17) is 5.73 Å². The molecule has 2 rings (SSSR count). The van der Waals surface area contributed by atoms with Crippen LogP contribution in [0.25, 0.3) is 11.4 Å². The predicted molar refractivity (Wildman–Crippen MR) is 55.8 cm³/mol. The molecule has 7 heteroatoms. The summed E-state index contributed by atoms with van der Waals surface area (Å²) in [6.07, 6.45) is 3.00. The highest BCUT2D eigenvalue weighted by Gasteiger charge is 2.11. The summed E-state index contributed by atoms with van der Waals surface area (Å²) in [5.41, 5.74) is 6.48. The molecule has 0 aliphatic rings. The zero-order chi connectivity index (χ0) is 10.8. The second-order valence-corrected chi connectivity index (χ2v) is 3.60. The van der Waals surface area contributed by atoms with E-state index in [-0.39, 0.29) is 5.69 Å². The molecule has 2 heterocycles. The van der Waals surface area contributed by atoms with Gasteiger partial charge in [-0.25, -0.2) is 9.97 Å². The average Bonchev–Trinajstić information content (AvgIpc) is 2.67. The fraction of sp³-hybridized carbons (Fsp3) is 0. The highest BCUT2D eigenvalue weighted by Crippen LogP contribution is 2.23. The number of amides is 1. The molecule has 1 amide bonds. The molecule has 2 aromatic heterocycles. The van der Waals surface area contributed by atoms with Crippen molar-refractivity contribution in [1.82, 2.24) is 20.2 Å². The molecule has 6 nitrogen and oxygen atoms in total. The molecule has 0 saturated heterocycles. The molecular weight excluding hydrogens is 262 g/mol. The van der Waals surface area contributed by atoms with Crippen LogP contribution in [0.4, 0.5) is 0 Å². The van der Waals surface area contributed by atoms with Crippen LogP contribution in [0, 0.1) is 0 Å². The van der Waals surface area contributed by atoms with Gasteiger partial charge in [0.25, 0.3) is 5.91 Å². The molecule has 0 fully saturated rings. The van der Waals surface area contributed by atoms with Crippen molar-refractivity contribution in [2.45, 2.75) is 0 Å². The SMILES string of the molecule is NC(=O)c1cc(-c2ncncc2Br)n[nH]1. The molecule has 0 aliphatic heterocycles. The molecule has 0 spiro atoms. The second-order valence-electron chi connectivity index (χ2n) is 2.75. The molecule has 0 saturated carbocycles. The number of nitrogens with one attached hydrogen (secondary N) is 1. The van der Waals surface area contributed by atoms with Crippen LogP contribution in [-0.4, -0.2) is 26.1 Å². The lowest BCUT2D eigenvalue weighted by molar-refractivity contribution is 0.0995. The van der Waals surface area contributed by atoms with Crippen molar-refractivity contribution < 1.29 is 4.79 Å². The Balaban J connectivity index is 2.46. The molecule has 0 unspecified atom stereocenters. The van der Waals surface area contributed by atoms with Crippen LogP contribution < -0.4 is 5.73 Å². The van der Waals surface area contributed by atoms with Gasteiger partial charge in [0.15, 0.2) is 0 Å². The van der Waals surface area contributed by atoms with Crippen LogP contribution in [0.15, 0.2) is 23.1 Å².